The molecule has 1 aliphatic heterocycles. The van der Waals surface area contributed by atoms with Crippen molar-refractivity contribution in [1.82, 2.24) is 14.8 Å². The Balaban J connectivity index is 1.46. The van der Waals surface area contributed by atoms with Gasteiger partial charge in [-0.3, -0.25) is 4.79 Å². The van der Waals surface area contributed by atoms with Gasteiger partial charge in [-0.25, -0.2) is 4.68 Å². The summed E-state index contributed by atoms with van der Waals surface area (Å²) >= 11 is 7.78. The lowest BCUT2D eigenvalue weighted by Crippen LogP contribution is -2.31. The van der Waals surface area contributed by atoms with Crippen LogP contribution >= 0.6 is 23.4 Å². The van der Waals surface area contributed by atoms with Crippen LogP contribution in [0.1, 0.15) is 29.9 Å². The van der Waals surface area contributed by atoms with Gasteiger partial charge in [0.1, 0.15) is 11.8 Å². The van der Waals surface area contributed by atoms with Gasteiger partial charge in [0.2, 0.25) is 11.1 Å². The number of benzene rings is 2. The molecule has 9 heteroatoms. The van der Waals surface area contributed by atoms with Crippen LogP contribution in [0.5, 0.6) is 0 Å². The van der Waals surface area contributed by atoms with Gasteiger partial charge in [0.25, 0.3) is 5.91 Å². The summed E-state index contributed by atoms with van der Waals surface area (Å²) in [6.45, 7) is 3.81. The minimum absolute atomic E-state index is 0.230. The van der Waals surface area contributed by atoms with Gasteiger partial charge in [-0.15, -0.1) is 5.10 Å². The lowest BCUT2D eigenvalue weighted by molar-refractivity contribution is -0.113. The van der Waals surface area contributed by atoms with Crippen molar-refractivity contribution in [2.24, 2.45) is 0 Å². The van der Waals surface area contributed by atoms with E-state index in [0.717, 1.165) is 16.8 Å². The summed E-state index contributed by atoms with van der Waals surface area (Å²) in [5.74, 6) is 1.55. The average molecular weight is 492 g/mol. The highest BCUT2D eigenvalue weighted by Crippen LogP contribution is 2.37. The zero-order chi connectivity index (χ0) is 23.7. The Hall–Kier alpha value is -3.49. The minimum Gasteiger partial charge on any atom is -0.467 e. The zero-order valence-corrected chi connectivity index (χ0v) is 20.2. The number of furan rings is 1. The van der Waals surface area contributed by atoms with Gasteiger partial charge >= 0.3 is 0 Å². The van der Waals surface area contributed by atoms with Crippen LogP contribution in [0.25, 0.3) is 0 Å². The van der Waals surface area contributed by atoms with Gasteiger partial charge < -0.3 is 15.1 Å². The van der Waals surface area contributed by atoms with Crippen LogP contribution in [0.4, 0.5) is 11.6 Å². The Kier molecular flexibility index (Phi) is 6.17. The second kappa shape index (κ2) is 9.40. The first-order valence-electron chi connectivity index (χ1n) is 10.7. The molecule has 0 spiro atoms. The van der Waals surface area contributed by atoms with Gasteiger partial charge in [0, 0.05) is 22.2 Å². The number of rotatable bonds is 6. The molecular weight excluding hydrogens is 470 g/mol. The summed E-state index contributed by atoms with van der Waals surface area (Å²) in [7, 11) is 0. The molecule has 4 aromatic rings. The predicted octanol–water partition coefficient (Wildman–Crippen LogP) is 6.05. The molecule has 1 unspecified atom stereocenters. The number of carbonyl (C=O) groups excluding carboxylic acids is 1. The summed E-state index contributed by atoms with van der Waals surface area (Å²) < 4.78 is 7.43. The molecule has 7 nitrogen and oxygen atoms in total. The van der Waals surface area contributed by atoms with Crippen LogP contribution in [0.2, 0.25) is 5.02 Å². The van der Waals surface area contributed by atoms with E-state index in [1.165, 1.54) is 11.8 Å². The van der Waals surface area contributed by atoms with Crippen molar-refractivity contribution in [2.45, 2.75) is 30.8 Å². The highest BCUT2D eigenvalue weighted by molar-refractivity contribution is 7.98. The maximum atomic E-state index is 13.5. The molecule has 0 saturated heterocycles. The number of nitrogens with one attached hydrogen (secondary N) is 2. The highest BCUT2D eigenvalue weighted by atomic mass is 35.5. The Bertz CT molecular complexity index is 1380. The number of aromatic nitrogens is 3. The molecule has 34 heavy (non-hydrogen) atoms. The van der Waals surface area contributed by atoms with E-state index in [-0.39, 0.29) is 5.91 Å². The molecule has 0 fully saturated rings. The van der Waals surface area contributed by atoms with Gasteiger partial charge in [-0.2, -0.15) is 4.98 Å². The number of amides is 1. The van der Waals surface area contributed by atoms with Gasteiger partial charge in [-0.1, -0.05) is 59.8 Å². The fraction of sp³-hybridized carbons (Fsp3) is 0.160. The van der Waals surface area contributed by atoms with Crippen LogP contribution in [0, 0.1) is 6.92 Å². The Morgan fingerprint density at radius 3 is 2.71 bits per heavy atom. The molecule has 0 saturated carbocycles. The summed E-state index contributed by atoms with van der Waals surface area (Å²) in [4.78, 5) is 18.1. The lowest BCUT2D eigenvalue weighted by atomic mass is 10.00. The Morgan fingerprint density at radius 2 is 1.94 bits per heavy atom. The second-order valence-electron chi connectivity index (χ2n) is 7.89. The Morgan fingerprint density at radius 1 is 1.15 bits per heavy atom. The number of hydrogen-bond donors (Lipinski definition) is 2. The second-order valence-corrected chi connectivity index (χ2v) is 9.24. The largest absolute Gasteiger partial charge is 0.467 e. The van der Waals surface area contributed by atoms with Gasteiger partial charge in [0.15, 0.2) is 0 Å². The number of aryl methyl sites for hydroxylation is 1. The zero-order valence-electron chi connectivity index (χ0n) is 18.6. The van der Waals surface area contributed by atoms with Crippen molar-refractivity contribution in [3.8, 4) is 0 Å². The number of thioether (sulfide) groups is 1. The molecule has 0 aliphatic carbocycles. The molecule has 2 aromatic carbocycles. The quantitative estimate of drug-likeness (QED) is 0.319. The molecule has 2 aromatic heterocycles. The molecule has 172 valence electrons. The van der Waals surface area contributed by atoms with E-state index in [9.17, 15) is 4.79 Å². The summed E-state index contributed by atoms with van der Waals surface area (Å²) in [5, 5.41) is 12.3. The number of allylic oxidation sites excluding steroid dienone is 1. The van der Waals surface area contributed by atoms with Crippen molar-refractivity contribution in [3.63, 3.8) is 0 Å². The third-order valence-electron chi connectivity index (χ3n) is 5.60. The van der Waals surface area contributed by atoms with E-state index in [2.05, 4.69) is 15.6 Å². The normalized spacial score (nSPS) is 15.1. The van der Waals surface area contributed by atoms with E-state index >= 15 is 0 Å². The molecule has 2 N–H and O–H groups in total. The number of anilines is 2. The number of para-hydroxylation sites is 1. The van der Waals surface area contributed by atoms with Crippen LogP contribution in [0.15, 0.2) is 87.8 Å². The van der Waals surface area contributed by atoms with E-state index in [4.69, 9.17) is 21.1 Å². The molecule has 1 atom stereocenters. The van der Waals surface area contributed by atoms with Crippen molar-refractivity contribution < 1.29 is 9.21 Å². The van der Waals surface area contributed by atoms with Crippen LogP contribution < -0.4 is 10.6 Å². The van der Waals surface area contributed by atoms with Gasteiger partial charge in [-0.05, 0) is 49.2 Å². The summed E-state index contributed by atoms with van der Waals surface area (Å²) in [5.41, 5.74) is 3.94. The van der Waals surface area contributed by atoms with Crippen LogP contribution in [-0.4, -0.2) is 20.7 Å². The van der Waals surface area contributed by atoms with E-state index < -0.39 is 6.04 Å². The molecule has 3 heterocycles. The molecule has 0 radical (unpaired) electrons. The lowest BCUT2D eigenvalue weighted by Gasteiger charge is -2.27. The average Bonchev–Trinajstić information content (AvgIpc) is 3.49. The number of halogens is 1. The van der Waals surface area contributed by atoms with Crippen molar-refractivity contribution in [1.29, 1.82) is 0 Å². The molecule has 1 amide bonds. The SMILES string of the molecule is CC1=C(C(=O)Nc2ccccc2C)C(c2ccco2)n2nc(SCc3ccccc3Cl)nc2N1. The fourth-order valence-corrected chi connectivity index (χ4v) is 4.97. The van der Waals surface area contributed by atoms with Crippen molar-refractivity contribution in [3.05, 3.63) is 100 Å². The minimum atomic E-state index is -0.558. The molecular formula is C25H22ClN5O2S. The monoisotopic (exact) mass is 491 g/mol. The first-order chi connectivity index (χ1) is 16.5. The van der Waals surface area contributed by atoms with Crippen molar-refractivity contribution in [2.75, 3.05) is 10.6 Å². The third kappa shape index (κ3) is 4.34. The summed E-state index contributed by atoms with van der Waals surface area (Å²) in [6.07, 6.45) is 1.59. The molecule has 0 bridgehead atoms. The fourth-order valence-electron chi connectivity index (χ4n) is 3.86. The van der Waals surface area contributed by atoms with E-state index in [0.29, 0.717) is 38.9 Å². The van der Waals surface area contributed by atoms with Crippen LogP contribution in [0.3, 0.4) is 0 Å². The number of nitrogens with zero attached hydrogens (tertiary/aromatic N) is 3. The highest BCUT2D eigenvalue weighted by Gasteiger charge is 2.36. The maximum absolute atomic E-state index is 13.5. The predicted molar refractivity (Wildman–Crippen MR) is 134 cm³/mol. The smallest absolute Gasteiger partial charge is 0.256 e. The van der Waals surface area contributed by atoms with E-state index in [1.807, 2.05) is 68.4 Å². The standard InChI is InChI=1S/C25H22ClN5O2S/c1-15-8-3-6-11-19(15)28-23(32)21-16(2)27-24-29-25(34-14-17-9-4-5-10-18(17)26)30-31(24)22(21)20-12-7-13-33-20/h3-13,22H,14H2,1-2H3,(H,28,32)(H,27,29,30). The summed E-state index contributed by atoms with van der Waals surface area (Å²) in [6, 6.07) is 18.5. The van der Waals surface area contributed by atoms with Gasteiger partial charge in [0.05, 0.1) is 11.8 Å². The van der Waals surface area contributed by atoms with E-state index in [1.54, 1.807) is 17.0 Å². The first kappa shape index (κ1) is 22.3. The van der Waals surface area contributed by atoms with Crippen molar-refractivity contribution >= 4 is 40.9 Å². The number of hydrogen-bond acceptors (Lipinski definition) is 6. The molecule has 1 aliphatic rings. The third-order valence-corrected chi connectivity index (χ3v) is 6.85. The van der Waals surface area contributed by atoms with Crippen LogP contribution in [-0.2, 0) is 10.5 Å². The topological polar surface area (TPSA) is 85.0 Å². The Labute approximate surface area is 206 Å². The molecule has 5 rings (SSSR count). The number of carbonyl (C=O) groups is 1. The first-order valence-corrected chi connectivity index (χ1v) is 12.1. The number of fused-ring (bicyclic) bond motifs is 1. The maximum Gasteiger partial charge on any atom is 0.256 e.